The number of carbonyl (C=O) groups is 5. The van der Waals surface area contributed by atoms with Crippen LogP contribution in [0.2, 0.25) is 0 Å². The van der Waals surface area contributed by atoms with Gasteiger partial charge in [-0.1, -0.05) is 31.2 Å². The molecule has 0 radical (unpaired) electrons. The number of nitrogens with one attached hydrogen (secondary N) is 3. The van der Waals surface area contributed by atoms with E-state index in [9.17, 15) is 45.6 Å². The van der Waals surface area contributed by atoms with Crippen molar-refractivity contribution < 1.29 is 59.2 Å². The summed E-state index contributed by atoms with van der Waals surface area (Å²) in [4.78, 5) is 80.3. The first-order chi connectivity index (χ1) is 33.8. The number of fused-ring (bicyclic) bond motifs is 1. The number of alkyl halides is 3. The second-order valence-electron chi connectivity index (χ2n) is 17.2. The maximum absolute atomic E-state index is 16.0. The van der Waals surface area contributed by atoms with Gasteiger partial charge in [0.25, 0.3) is 0 Å². The number of rotatable bonds is 15. The van der Waals surface area contributed by atoms with Crippen molar-refractivity contribution in [2.24, 2.45) is 0 Å². The molecule has 24 heteroatoms. The summed E-state index contributed by atoms with van der Waals surface area (Å²) in [5, 5.41) is 5.29. The Morgan fingerprint density at radius 2 is 1.61 bits per heavy atom. The van der Waals surface area contributed by atoms with E-state index in [1.165, 1.54) is 26.2 Å². The average molecular weight is 1010 g/mol. The minimum atomic E-state index is -5.47. The Hall–Kier alpha value is -7.02. The van der Waals surface area contributed by atoms with Crippen molar-refractivity contribution in [3.05, 3.63) is 107 Å². The van der Waals surface area contributed by atoms with E-state index in [1.807, 2.05) is 40.0 Å². The third-order valence-corrected chi connectivity index (χ3v) is 14.2. The van der Waals surface area contributed by atoms with Crippen molar-refractivity contribution in [1.82, 2.24) is 34.0 Å². The molecular weight excluding hydrogens is 960 g/mol. The summed E-state index contributed by atoms with van der Waals surface area (Å²) in [5.74, 6) is -7.69. The molecule has 0 spiro atoms. The number of halogens is 5. The van der Waals surface area contributed by atoms with Crippen LogP contribution in [0.4, 0.5) is 39.0 Å². The highest BCUT2D eigenvalue weighted by molar-refractivity contribution is 7.90. The number of piperazine rings is 2. The Morgan fingerprint density at radius 3 is 2.28 bits per heavy atom. The summed E-state index contributed by atoms with van der Waals surface area (Å²) >= 11 is 0. The van der Waals surface area contributed by atoms with E-state index in [-0.39, 0.29) is 47.3 Å². The van der Waals surface area contributed by atoms with Gasteiger partial charge in [-0.15, -0.1) is 0 Å². The number of carbonyl (C=O) groups excluding carboxylic acids is 5. The largest absolute Gasteiger partial charge is 0.493 e. The molecular formula is C47H49F5N10O8S. The fraction of sp³-hybridized carbons (Fsp3) is 0.362. The Kier molecular flexibility index (Phi) is 14.7. The first-order valence-electron chi connectivity index (χ1n) is 22.6. The van der Waals surface area contributed by atoms with E-state index in [0.29, 0.717) is 88.7 Å². The number of hydrogen-bond acceptors (Lipinski definition) is 13. The quantitative estimate of drug-likeness (QED) is 0.0773. The molecule has 8 rings (SSSR count). The van der Waals surface area contributed by atoms with Gasteiger partial charge >= 0.3 is 22.4 Å². The van der Waals surface area contributed by atoms with Crippen LogP contribution in [-0.2, 0) is 35.9 Å². The number of nitrogens with zero attached hydrogens (tertiary/aromatic N) is 7. The molecule has 3 aliphatic rings. The number of benzene rings is 3. The van der Waals surface area contributed by atoms with Crippen molar-refractivity contribution in [1.29, 1.82) is 0 Å². The van der Waals surface area contributed by atoms with Crippen molar-refractivity contribution in [3.8, 4) is 11.1 Å². The number of aromatic nitrogens is 2. The molecule has 5 aromatic rings. The molecule has 18 nitrogen and oxygen atoms in total. The van der Waals surface area contributed by atoms with Gasteiger partial charge in [-0.2, -0.15) is 30.6 Å². The van der Waals surface area contributed by atoms with Gasteiger partial charge in [0.1, 0.15) is 11.9 Å². The molecule has 376 valence electrons. The van der Waals surface area contributed by atoms with Gasteiger partial charge in [0.15, 0.2) is 11.5 Å². The Labute approximate surface area is 404 Å². The summed E-state index contributed by atoms with van der Waals surface area (Å²) in [5.41, 5.74) is 0.409. The monoisotopic (exact) mass is 1010 g/mol. The predicted molar refractivity (Wildman–Crippen MR) is 250 cm³/mol. The number of hydrogen-bond donors (Lipinski definition) is 3. The lowest BCUT2D eigenvalue weighted by Crippen LogP contribution is -2.53. The van der Waals surface area contributed by atoms with E-state index < -0.39 is 68.3 Å². The standard InChI is InChI=1S/C47H49F5N10O8S/c1-3-57(2)71(68,69)56-37-13-12-36(48)41(42(37)49)43(65)35-27-62(70-46(67)47(50,51)52)44-34(35)24-30(25-53-44)33-7-5-4-6-29(33)26-58-18-22-61(23-19-58)40(64)28-59-16-20-60(21-17-59)32-10-8-31(9-11-32)54-38-14-15-39(63)55-45(38)66/h4-13,24-25,27,38,54,56H,3,14-23,26,28H2,1-2H3,(H,55,63,66). The lowest BCUT2D eigenvalue weighted by atomic mass is 9.97. The zero-order valence-electron chi connectivity index (χ0n) is 38.5. The van der Waals surface area contributed by atoms with E-state index in [4.69, 9.17) is 0 Å². The van der Waals surface area contributed by atoms with Gasteiger partial charge in [-0.05, 0) is 60.0 Å². The van der Waals surface area contributed by atoms with Gasteiger partial charge in [0.2, 0.25) is 23.5 Å². The van der Waals surface area contributed by atoms with Crippen LogP contribution < -0.4 is 25.1 Å². The molecule has 3 fully saturated rings. The maximum Gasteiger partial charge on any atom is 0.493 e. The molecule has 3 aromatic carbocycles. The molecule has 1 unspecified atom stereocenters. The molecule has 0 aliphatic carbocycles. The fourth-order valence-corrected chi connectivity index (χ4v) is 9.50. The van der Waals surface area contributed by atoms with Gasteiger partial charge in [0.05, 0.1) is 29.6 Å². The summed E-state index contributed by atoms with van der Waals surface area (Å²) in [6.45, 7) is 6.94. The van der Waals surface area contributed by atoms with E-state index >= 15 is 8.78 Å². The van der Waals surface area contributed by atoms with Crippen LogP contribution in [0.15, 0.2) is 79.1 Å². The number of amides is 3. The highest BCUT2D eigenvalue weighted by Gasteiger charge is 2.42. The van der Waals surface area contributed by atoms with Gasteiger partial charge in [0, 0.05) is 107 Å². The third-order valence-electron chi connectivity index (χ3n) is 12.7. The van der Waals surface area contributed by atoms with Crippen LogP contribution >= 0.6 is 0 Å². The van der Waals surface area contributed by atoms with Gasteiger partial charge in [-0.3, -0.25) is 39.0 Å². The first kappa shape index (κ1) is 50.4. The van der Waals surface area contributed by atoms with Crippen molar-refractivity contribution in [2.45, 2.75) is 38.5 Å². The summed E-state index contributed by atoms with van der Waals surface area (Å²) in [6, 6.07) is 17.2. The van der Waals surface area contributed by atoms with Crippen LogP contribution in [0.25, 0.3) is 22.2 Å². The summed E-state index contributed by atoms with van der Waals surface area (Å²) in [7, 11) is -3.15. The normalized spacial score (nSPS) is 17.4. The van der Waals surface area contributed by atoms with Crippen molar-refractivity contribution >= 4 is 67.8 Å². The van der Waals surface area contributed by atoms with Crippen molar-refractivity contribution in [2.75, 3.05) is 87.4 Å². The molecule has 5 heterocycles. The smallest absolute Gasteiger partial charge is 0.374 e. The SMILES string of the molecule is CCN(C)S(=O)(=O)Nc1ccc(F)c(C(=O)c2cn(OC(=O)C(F)(F)F)c3ncc(-c4ccccc4CN4CCN(C(=O)CN5CCN(c6ccc(NC7CCC(=O)NC7=O)cc6)CC5)CC4)cc23)c1F. The lowest BCUT2D eigenvalue weighted by Gasteiger charge is -2.38. The lowest BCUT2D eigenvalue weighted by molar-refractivity contribution is -0.199. The molecule has 3 aliphatic heterocycles. The summed E-state index contributed by atoms with van der Waals surface area (Å²) < 4.78 is 99.9. The Balaban J connectivity index is 0.922. The highest BCUT2D eigenvalue weighted by atomic mass is 32.2. The highest BCUT2D eigenvalue weighted by Crippen LogP contribution is 2.33. The van der Waals surface area contributed by atoms with E-state index in [2.05, 4.69) is 35.2 Å². The van der Waals surface area contributed by atoms with E-state index in [0.717, 1.165) is 27.3 Å². The molecule has 3 N–H and O–H groups in total. The van der Waals surface area contributed by atoms with E-state index in [1.54, 1.807) is 18.2 Å². The van der Waals surface area contributed by atoms with Crippen LogP contribution in [0.3, 0.4) is 0 Å². The van der Waals surface area contributed by atoms with Gasteiger partial charge in [-0.25, -0.2) is 18.6 Å². The third kappa shape index (κ3) is 11.3. The van der Waals surface area contributed by atoms with Crippen LogP contribution in [0, 0.1) is 11.6 Å². The molecule has 3 saturated heterocycles. The van der Waals surface area contributed by atoms with Crippen LogP contribution in [0.1, 0.15) is 41.3 Å². The molecule has 0 bridgehead atoms. The number of piperidine rings is 1. The second kappa shape index (κ2) is 20.8. The molecule has 1 atom stereocenters. The molecule has 0 saturated carbocycles. The summed E-state index contributed by atoms with van der Waals surface area (Å²) in [6.07, 6.45) is -2.83. The fourth-order valence-electron chi connectivity index (χ4n) is 8.57. The Bertz CT molecular complexity index is 2980. The second-order valence-corrected chi connectivity index (χ2v) is 19.0. The van der Waals surface area contributed by atoms with Crippen molar-refractivity contribution in [3.63, 3.8) is 0 Å². The number of anilines is 3. The van der Waals surface area contributed by atoms with Crippen LogP contribution in [-0.4, -0.2) is 151 Å². The zero-order valence-corrected chi connectivity index (χ0v) is 39.3. The molecule has 71 heavy (non-hydrogen) atoms. The predicted octanol–water partition coefficient (Wildman–Crippen LogP) is 4.02. The first-order valence-corrected chi connectivity index (χ1v) is 24.1. The zero-order chi connectivity index (χ0) is 50.8. The Morgan fingerprint density at radius 1 is 0.915 bits per heavy atom. The van der Waals surface area contributed by atoms with Crippen LogP contribution in [0.5, 0.6) is 0 Å². The number of ketones is 1. The molecule has 2 aromatic heterocycles. The topological polar surface area (TPSA) is 199 Å². The number of imide groups is 1. The van der Waals surface area contributed by atoms with Gasteiger partial charge < -0.3 is 20.0 Å². The average Bonchev–Trinajstić information content (AvgIpc) is 3.70. The maximum atomic E-state index is 16.0. The minimum Gasteiger partial charge on any atom is -0.374 e. The number of pyridine rings is 1. The molecule has 3 amide bonds. The minimum absolute atomic E-state index is 0.0110.